The number of aromatic nitrogens is 1. The molecule has 19 heavy (non-hydrogen) atoms. The molecule has 0 unspecified atom stereocenters. The first-order valence-electron chi connectivity index (χ1n) is 5.78. The van der Waals surface area contributed by atoms with E-state index < -0.39 is 5.97 Å². The molecule has 1 aromatic carbocycles. The van der Waals surface area contributed by atoms with E-state index >= 15 is 0 Å². The Bertz CT molecular complexity index is 675. The summed E-state index contributed by atoms with van der Waals surface area (Å²) in [5, 5.41) is 9.10. The molecule has 0 atom stereocenters. The van der Waals surface area contributed by atoms with E-state index in [1.54, 1.807) is 6.92 Å². The second-order valence-corrected chi connectivity index (χ2v) is 4.28. The van der Waals surface area contributed by atoms with Gasteiger partial charge in [0.05, 0.1) is 17.8 Å². The highest BCUT2D eigenvalue weighted by molar-refractivity contribution is 5.89. The van der Waals surface area contributed by atoms with Crippen molar-refractivity contribution in [2.45, 2.75) is 13.5 Å². The van der Waals surface area contributed by atoms with Gasteiger partial charge in [0.15, 0.2) is 0 Å². The SMILES string of the molecule is Cc1c(C(=O)O)cc(N)c(=O)n1Cc1ccccc1. The van der Waals surface area contributed by atoms with E-state index in [4.69, 9.17) is 10.8 Å². The molecule has 5 heteroatoms. The molecule has 0 aliphatic heterocycles. The van der Waals surface area contributed by atoms with Crippen molar-refractivity contribution in [2.24, 2.45) is 0 Å². The van der Waals surface area contributed by atoms with Crippen LogP contribution in [0.4, 0.5) is 5.69 Å². The molecule has 1 heterocycles. The van der Waals surface area contributed by atoms with E-state index in [2.05, 4.69) is 0 Å². The van der Waals surface area contributed by atoms with Gasteiger partial charge in [-0.05, 0) is 18.6 Å². The molecule has 0 spiro atoms. The van der Waals surface area contributed by atoms with Crippen molar-refractivity contribution in [1.29, 1.82) is 0 Å². The molecule has 98 valence electrons. The Labute approximate surface area is 109 Å². The molecule has 0 aliphatic carbocycles. The zero-order chi connectivity index (χ0) is 14.0. The minimum atomic E-state index is -1.09. The first-order valence-corrected chi connectivity index (χ1v) is 5.78. The van der Waals surface area contributed by atoms with Crippen LogP contribution >= 0.6 is 0 Å². The summed E-state index contributed by atoms with van der Waals surface area (Å²) in [5.74, 6) is -1.09. The molecular weight excluding hydrogens is 244 g/mol. The summed E-state index contributed by atoms with van der Waals surface area (Å²) >= 11 is 0. The van der Waals surface area contributed by atoms with Crippen molar-refractivity contribution in [3.8, 4) is 0 Å². The Morgan fingerprint density at radius 2 is 1.95 bits per heavy atom. The van der Waals surface area contributed by atoms with Gasteiger partial charge in [0, 0.05) is 5.69 Å². The van der Waals surface area contributed by atoms with Crippen molar-refractivity contribution < 1.29 is 9.90 Å². The van der Waals surface area contributed by atoms with Gasteiger partial charge in [-0.1, -0.05) is 30.3 Å². The van der Waals surface area contributed by atoms with Gasteiger partial charge in [0.2, 0.25) is 0 Å². The Hall–Kier alpha value is -2.56. The zero-order valence-corrected chi connectivity index (χ0v) is 10.5. The number of anilines is 1. The molecule has 0 amide bonds. The Kier molecular flexibility index (Phi) is 3.37. The van der Waals surface area contributed by atoms with E-state index in [0.717, 1.165) is 5.56 Å². The van der Waals surface area contributed by atoms with Crippen molar-refractivity contribution >= 4 is 11.7 Å². The van der Waals surface area contributed by atoms with Crippen molar-refractivity contribution in [2.75, 3.05) is 5.73 Å². The molecule has 0 saturated heterocycles. The fraction of sp³-hybridized carbons (Fsp3) is 0.143. The normalized spacial score (nSPS) is 10.4. The number of aromatic carboxylic acids is 1. The number of nitrogens with two attached hydrogens (primary N) is 1. The number of hydrogen-bond donors (Lipinski definition) is 2. The van der Waals surface area contributed by atoms with Crippen molar-refractivity contribution in [3.63, 3.8) is 0 Å². The minimum Gasteiger partial charge on any atom is -0.478 e. The summed E-state index contributed by atoms with van der Waals surface area (Å²) in [6.45, 7) is 1.91. The van der Waals surface area contributed by atoms with E-state index in [1.165, 1.54) is 10.6 Å². The van der Waals surface area contributed by atoms with E-state index in [1.807, 2.05) is 30.3 Å². The zero-order valence-electron chi connectivity index (χ0n) is 10.5. The van der Waals surface area contributed by atoms with Crippen LogP contribution in [0.25, 0.3) is 0 Å². The minimum absolute atomic E-state index is 0.0491. The lowest BCUT2D eigenvalue weighted by molar-refractivity contribution is 0.0695. The average molecular weight is 258 g/mol. The van der Waals surface area contributed by atoms with E-state index in [9.17, 15) is 9.59 Å². The van der Waals surface area contributed by atoms with Gasteiger partial charge >= 0.3 is 5.97 Å². The molecule has 0 aliphatic rings. The average Bonchev–Trinajstić information content (AvgIpc) is 2.40. The standard InChI is InChI=1S/C14H14N2O3/c1-9-11(14(18)19)7-12(15)13(17)16(9)8-10-5-3-2-4-6-10/h2-7H,8,15H2,1H3,(H,18,19). The summed E-state index contributed by atoms with van der Waals surface area (Å²) in [6, 6.07) is 10.5. The van der Waals surface area contributed by atoms with Gasteiger partial charge < -0.3 is 15.4 Å². The molecule has 5 nitrogen and oxygen atoms in total. The first kappa shape index (κ1) is 12.9. The Morgan fingerprint density at radius 3 is 2.53 bits per heavy atom. The number of nitrogens with zero attached hydrogens (tertiary/aromatic N) is 1. The van der Waals surface area contributed by atoms with E-state index in [0.29, 0.717) is 12.2 Å². The lowest BCUT2D eigenvalue weighted by Gasteiger charge is -2.13. The maximum absolute atomic E-state index is 12.0. The number of carbonyl (C=O) groups is 1. The third-order valence-electron chi connectivity index (χ3n) is 3.00. The summed E-state index contributed by atoms with van der Waals surface area (Å²) in [4.78, 5) is 23.1. The Balaban J connectivity index is 2.56. The van der Waals surface area contributed by atoms with Crippen LogP contribution in [0.2, 0.25) is 0 Å². The second kappa shape index (κ2) is 4.97. The van der Waals surface area contributed by atoms with Crippen LogP contribution in [0.5, 0.6) is 0 Å². The first-order chi connectivity index (χ1) is 9.00. The fourth-order valence-corrected chi connectivity index (χ4v) is 1.95. The number of benzene rings is 1. The fourth-order valence-electron chi connectivity index (χ4n) is 1.95. The quantitative estimate of drug-likeness (QED) is 0.873. The number of carboxylic acid groups (broad SMARTS) is 1. The lowest BCUT2D eigenvalue weighted by atomic mass is 10.1. The number of hydrogen-bond acceptors (Lipinski definition) is 3. The topological polar surface area (TPSA) is 85.3 Å². The van der Waals surface area contributed by atoms with Crippen LogP contribution in [0.15, 0.2) is 41.2 Å². The van der Waals surface area contributed by atoms with Gasteiger partial charge in [0.1, 0.15) is 0 Å². The van der Waals surface area contributed by atoms with Gasteiger partial charge in [-0.3, -0.25) is 4.79 Å². The molecule has 0 saturated carbocycles. The van der Waals surface area contributed by atoms with Crippen molar-refractivity contribution in [3.05, 3.63) is 63.6 Å². The summed E-state index contributed by atoms with van der Waals surface area (Å²) in [5.41, 5.74) is 6.52. The third kappa shape index (κ3) is 2.49. The summed E-state index contributed by atoms with van der Waals surface area (Å²) in [6.07, 6.45) is 0. The molecular formula is C14H14N2O3. The second-order valence-electron chi connectivity index (χ2n) is 4.28. The lowest BCUT2D eigenvalue weighted by Crippen LogP contribution is -2.27. The summed E-state index contributed by atoms with van der Waals surface area (Å²) in [7, 11) is 0. The van der Waals surface area contributed by atoms with Gasteiger partial charge in [-0.2, -0.15) is 0 Å². The van der Waals surface area contributed by atoms with Gasteiger partial charge in [-0.15, -0.1) is 0 Å². The predicted molar refractivity (Wildman–Crippen MR) is 72.4 cm³/mol. The van der Waals surface area contributed by atoms with Crippen LogP contribution in [-0.2, 0) is 6.54 Å². The van der Waals surface area contributed by atoms with Crippen LogP contribution in [0, 0.1) is 6.92 Å². The molecule has 1 aromatic heterocycles. The number of pyridine rings is 1. The van der Waals surface area contributed by atoms with Crippen LogP contribution in [0.1, 0.15) is 21.6 Å². The van der Waals surface area contributed by atoms with Gasteiger partial charge in [-0.25, -0.2) is 4.79 Å². The Morgan fingerprint density at radius 1 is 1.32 bits per heavy atom. The smallest absolute Gasteiger partial charge is 0.337 e. The highest BCUT2D eigenvalue weighted by atomic mass is 16.4. The number of nitrogen functional groups attached to an aromatic ring is 1. The van der Waals surface area contributed by atoms with Gasteiger partial charge in [0.25, 0.3) is 5.56 Å². The van der Waals surface area contributed by atoms with Crippen LogP contribution < -0.4 is 11.3 Å². The maximum Gasteiger partial charge on any atom is 0.337 e. The highest BCUT2D eigenvalue weighted by Crippen LogP contribution is 2.11. The largest absolute Gasteiger partial charge is 0.478 e. The molecule has 2 rings (SSSR count). The third-order valence-corrected chi connectivity index (χ3v) is 3.00. The maximum atomic E-state index is 12.0. The monoisotopic (exact) mass is 258 g/mol. The summed E-state index contributed by atoms with van der Waals surface area (Å²) < 4.78 is 1.38. The number of carboxylic acids is 1. The van der Waals surface area contributed by atoms with E-state index in [-0.39, 0.29) is 16.8 Å². The predicted octanol–water partition coefficient (Wildman–Crippen LogP) is 1.49. The highest BCUT2D eigenvalue weighted by Gasteiger charge is 2.14. The molecule has 0 radical (unpaired) electrons. The molecule has 2 aromatic rings. The molecule has 3 N–H and O–H groups in total. The molecule has 0 fully saturated rings. The molecule has 0 bridgehead atoms. The number of rotatable bonds is 3. The van der Waals surface area contributed by atoms with Crippen LogP contribution in [0.3, 0.4) is 0 Å². The van der Waals surface area contributed by atoms with Crippen molar-refractivity contribution in [1.82, 2.24) is 4.57 Å². The van der Waals surface area contributed by atoms with Crippen LogP contribution in [-0.4, -0.2) is 15.6 Å².